The van der Waals surface area contributed by atoms with Crippen LogP contribution in [0.5, 0.6) is 0 Å². The Bertz CT molecular complexity index is 659. The van der Waals surface area contributed by atoms with Gasteiger partial charge >= 0.3 is 0 Å². The van der Waals surface area contributed by atoms with Gasteiger partial charge in [0.1, 0.15) is 16.8 Å². The SMILES string of the molecule is CC(NCCCc1ccco1)c1[nH]nc2cccnc12. The van der Waals surface area contributed by atoms with Crippen molar-refractivity contribution in [3.05, 3.63) is 48.2 Å². The summed E-state index contributed by atoms with van der Waals surface area (Å²) < 4.78 is 5.32. The number of furan rings is 1. The Kier molecular flexibility index (Phi) is 3.78. The molecule has 0 aliphatic rings. The molecule has 0 radical (unpaired) electrons. The highest BCUT2D eigenvalue weighted by Gasteiger charge is 2.12. The topological polar surface area (TPSA) is 66.7 Å². The van der Waals surface area contributed by atoms with E-state index >= 15 is 0 Å². The third kappa shape index (κ3) is 2.72. The number of H-pyrrole nitrogens is 1. The fourth-order valence-corrected chi connectivity index (χ4v) is 2.31. The van der Waals surface area contributed by atoms with Crippen LogP contribution >= 0.6 is 0 Å². The van der Waals surface area contributed by atoms with Gasteiger partial charge < -0.3 is 9.73 Å². The lowest BCUT2D eigenvalue weighted by Gasteiger charge is -2.11. The molecule has 0 aliphatic heterocycles. The van der Waals surface area contributed by atoms with Gasteiger partial charge in [0.15, 0.2) is 0 Å². The average Bonchev–Trinajstić information content (AvgIpc) is 3.12. The van der Waals surface area contributed by atoms with Crippen molar-refractivity contribution in [1.82, 2.24) is 20.5 Å². The molecule has 3 aromatic heterocycles. The predicted molar refractivity (Wildman–Crippen MR) is 77.3 cm³/mol. The first-order valence-electron chi connectivity index (χ1n) is 6.89. The predicted octanol–water partition coefficient (Wildman–Crippen LogP) is 2.83. The average molecular weight is 270 g/mol. The molecule has 0 saturated carbocycles. The zero-order chi connectivity index (χ0) is 13.8. The molecule has 3 aromatic rings. The number of fused-ring (bicyclic) bond motifs is 1. The van der Waals surface area contributed by atoms with Gasteiger partial charge in [-0.25, -0.2) is 0 Å². The Labute approximate surface area is 117 Å². The van der Waals surface area contributed by atoms with Gasteiger partial charge in [-0.05, 0) is 44.2 Å². The maximum absolute atomic E-state index is 5.32. The van der Waals surface area contributed by atoms with Crippen LogP contribution in [-0.4, -0.2) is 21.7 Å². The molecule has 0 spiro atoms. The van der Waals surface area contributed by atoms with E-state index in [4.69, 9.17) is 4.42 Å². The molecule has 0 saturated heterocycles. The highest BCUT2D eigenvalue weighted by atomic mass is 16.3. The fourth-order valence-electron chi connectivity index (χ4n) is 2.31. The van der Waals surface area contributed by atoms with Crippen LogP contribution < -0.4 is 5.32 Å². The minimum absolute atomic E-state index is 0.200. The number of pyridine rings is 1. The molecule has 5 heteroatoms. The second-order valence-corrected chi connectivity index (χ2v) is 4.87. The van der Waals surface area contributed by atoms with Gasteiger partial charge in [-0.3, -0.25) is 10.1 Å². The summed E-state index contributed by atoms with van der Waals surface area (Å²) >= 11 is 0. The Hall–Kier alpha value is -2.14. The van der Waals surface area contributed by atoms with Crippen molar-refractivity contribution < 1.29 is 4.42 Å². The molecule has 0 aliphatic carbocycles. The van der Waals surface area contributed by atoms with Crippen LogP contribution in [-0.2, 0) is 6.42 Å². The molecule has 3 heterocycles. The van der Waals surface area contributed by atoms with Crippen LogP contribution in [0, 0.1) is 0 Å². The van der Waals surface area contributed by atoms with Crippen LogP contribution in [0.3, 0.4) is 0 Å². The van der Waals surface area contributed by atoms with Gasteiger partial charge in [0.2, 0.25) is 0 Å². The van der Waals surface area contributed by atoms with Crippen LogP contribution in [0.1, 0.15) is 30.8 Å². The summed E-state index contributed by atoms with van der Waals surface area (Å²) in [5.74, 6) is 1.04. The number of nitrogens with one attached hydrogen (secondary N) is 2. The second-order valence-electron chi connectivity index (χ2n) is 4.87. The van der Waals surface area contributed by atoms with E-state index in [9.17, 15) is 0 Å². The maximum atomic E-state index is 5.32. The van der Waals surface area contributed by atoms with Crippen molar-refractivity contribution in [1.29, 1.82) is 0 Å². The summed E-state index contributed by atoms with van der Waals surface area (Å²) in [6.45, 7) is 3.05. The maximum Gasteiger partial charge on any atom is 0.113 e. The minimum Gasteiger partial charge on any atom is -0.469 e. The lowest BCUT2D eigenvalue weighted by Crippen LogP contribution is -2.20. The summed E-state index contributed by atoms with van der Waals surface area (Å²) in [4.78, 5) is 4.38. The smallest absolute Gasteiger partial charge is 0.113 e. The van der Waals surface area contributed by atoms with E-state index in [2.05, 4.69) is 27.4 Å². The first kappa shape index (κ1) is 12.9. The van der Waals surface area contributed by atoms with E-state index in [1.54, 1.807) is 12.5 Å². The molecule has 1 atom stereocenters. The molecule has 0 bridgehead atoms. The van der Waals surface area contributed by atoms with Gasteiger partial charge in [-0.2, -0.15) is 5.10 Å². The van der Waals surface area contributed by atoms with Gasteiger partial charge in [-0.15, -0.1) is 0 Å². The lowest BCUT2D eigenvalue weighted by atomic mass is 10.2. The Morgan fingerprint density at radius 2 is 2.30 bits per heavy atom. The number of aryl methyl sites for hydroxylation is 1. The Morgan fingerprint density at radius 3 is 3.15 bits per heavy atom. The fraction of sp³-hybridized carbons (Fsp3) is 0.333. The van der Waals surface area contributed by atoms with E-state index in [1.807, 2.05) is 24.3 Å². The van der Waals surface area contributed by atoms with Crippen molar-refractivity contribution >= 4 is 11.0 Å². The third-order valence-corrected chi connectivity index (χ3v) is 3.40. The minimum atomic E-state index is 0.200. The number of aromatic nitrogens is 3. The quantitative estimate of drug-likeness (QED) is 0.676. The van der Waals surface area contributed by atoms with Crippen LogP contribution in [0.25, 0.3) is 11.0 Å². The van der Waals surface area contributed by atoms with E-state index < -0.39 is 0 Å². The normalized spacial score (nSPS) is 12.8. The highest BCUT2D eigenvalue weighted by Crippen LogP contribution is 2.18. The van der Waals surface area contributed by atoms with Crippen LogP contribution in [0.2, 0.25) is 0 Å². The Balaban J connectivity index is 1.55. The summed E-state index contributed by atoms with van der Waals surface area (Å²) in [5.41, 5.74) is 2.89. The first-order chi connectivity index (χ1) is 9.84. The molecule has 5 nitrogen and oxygen atoms in total. The van der Waals surface area contributed by atoms with Gasteiger partial charge in [0.05, 0.1) is 12.0 Å². The first-order valence-corrected chi connectivity index (χ1v) is 6.89. The summed E-state index contributed by atoms with van der Waals surface area (Å²) in [6, 6.07) is 8.00. The van der Waals surface area contributed by atoms with Crippen LogP contribution in [0.15, 0.2) is 41.1 Å². The highest BCUT2D eigenvalue weighted by molar-refractivity contribution is 5.76. The number of hydrogen-bond donors (Lipinski definition) is 2. The van der Waals surface area contributed by atoms with Crippen molar-refractivity contribution in [2.24, 2.45) is 0 Å². The van der Waals surface area contributed by atoms with Gasteiger partial charge in [0, 0.05) is 18.7 Å². The van der Waals surface area contributed by atoms with Gasteiger partial charge in [-0.1, -0.05) is 0 Å². The number of rotatable bonds is 6. The van der Waals surface area contributed by atoms with Crippen LogP contribution in [0.4, 0.5) is 0 Å². The summed E-state index contributed by atoms with van der Waals surface area (Å²) in [5, 5.41) is 10.8. The van der Waals surface area contributed by atoms with E-state index in [0.29, 0.717) is 0 Å². The standard InChI is InChI=1S/C15H18N4O/c1-11(16-8-2-5-12-6-4-10-20-12)14-15-13(18-19-14)7-3-9-17-15/h3-4,6-7,9-11,16H,2,5,8H2,1H3,(H,18,19). The van der Waals surface area contributed by atoms with Crippen molar-refractivity contribution in [2.45, 2.75) is 25.8 Å². The third-order valence-electron chi connectivity index (χ3n) is 3.40. The largest absolute Gasteiger partial charge is 0.469 e. The second kappa shape index (κ2) is 5.88. The lowest BCUT2D eigenvalue weighted by molar-refractivity contribution is 0.485. The molecule has 104 valence electrons. The monoisotopic (exact) mass is 270 g/mol. The molecule has 2 N–H and O–H groups in total. The number of hydrogen-bond acceptors (Lipinski definition) is 4. The molecule has 0 amide bonds. The molecular weight excluding hydrogens is 252 g/mol. The number of aromatic amines is 1. The number of nitrogens with zero attached hydrogens (tertiary/aromatic N) is 2. The Morgan fingerprint density at radius 1 is 1.35 bits per heavy atom. The molecule has 20 heavy (non-hydrogen) atoms. The molecular formula is C15H18N4O. The van der Waals surface area contributed by atoms with E-state index in [-0.39, 0.29) is 6.04 Å². The molecule has 0 fully saturated rings. The van der Waals surface area contributed by atoms with Crippen molar-refractivity contribution in [3.8, 4) is 0 Å². The summed E-state index contributed by atoms with van der Waals surface area (Å²) in [7, 11) is 0. The molecule has 0 aromatic carbocycles. The summed E-state index contributed by atoms with van der Waals surface area (Å²) in [6.07, 6.45) is 5.50. The van der Waals surface area contributed by atoms with E-state index in [1.165, 1.54) is 0 Å². The van der Waals surface area contributed by atoms with E-state index in [0.717, 1.165) is 41.9 Å². The van der Waals surface area contributed by atoms with Crippen molar-refractivity contribution in [2.75, 3.05) is 6.54 Å². The van der Waals surface area contributed by atoms with Crippen molar-refractivity contribution in [3.63, 3.8) is 0 Å². The molecule has 3 rings (SSSR count). The zero-order valence-electron chi connectivity index (χ0n) is 11.5. The van der Waals surface area contributed by atoms with Gasteiger partial charge in [0.25, 0.3) is 0 Å². The zero-order valence-corrected chi connectivity index (χ0v) is 11.5. The molecule has 1 unspecified atom stereocenters.